The zero-order valence-corrected chi connectivity index (χ0v) is 18.5. The van der Waals surface area contributed by atoms with E-state index in [0.717, 1.165) is 4.90 Å². The Labute approximate surface area is 191 Å². The summed E-state index contributed by atoms with van der Waals surface area (Å²) in [5.74, 6) is -2.64. The fraction of sp³-hybridized carbons (Fsp3) is 0.316. The average molecular weight is 487 g/mol. The minimum Gasteiger partial charge on any atom is -0.466 e. The van der Waals surface area contributed by atoms with Gasteiger partial charge in [0.05, 0.1) is 51.7 Å². The summed E-state index contributed by atoms with van der Waals surface area (Å²) in [5, 5.41) is 0.717. The molecule has 3 amide bonds. The number of fused-ring (bicyclic) bond motifs is 1. The molecule has 0 saturated carbocycles. The second kappa shape index (κ2) is 9.71. The number of ether oxygens (including phenoxy) is 2. The minimum absolute atomic E-state index is 0.0421. The van der Waals surface area contributed by atoms with Crippen LogP contribution in [0.5, 0.6) is 0 Å². The van der Waals surface area contributed by atoms with Crippen LogP contribution in [0.2, 0.25) is 10.0 Å². The fourth-order valence-corrected chi connectivity index (χ4v) is 4.22. The van der Waals surface area contributed by atoms with Crippen molar-refractivity contribution in [3.8, 4) is 0 Å². The summed E-state index contributed by atoms with van der Waals surface area (Å²) in [6.07, 6.45) is 1.52. The van der Waals surface area contributed by atoms with E-state index in [2.05, 4.69) is 4.74 Å². The summed E-state index contributed by atoms with van der Waals surface area (Å²) in [4.78, 5) is 62.4. The number of hydrogen-bond acceptors (Lipinski definition) is 8. The molecule has 2 aliphatic heterocycles. The van der Waals surface area contributed by atoms with Gasteiger partial charge in [-0.05, 0) is 18.6 Å². The van der Waals surface area contributed by atoms with Crippen LogP contribution in [0.3, 0.4) is 0 Å². The number of rotatable bonds is 7. The van der Waals surface area contributed by atoms with Crippen molar-refractivity contribution in [2.24, 2.45) is 0 Å². The number of esters is 2. The first-order valence-electron chi connectivity index (χ1n) is 8.96. The number of imide groups is 1. The highest BCUT2D eigenvalue weighted by molar-refractivity contribution is 8.04. The quantitative estimate of drug-likeness (QED) is 0.249. The lowest BCUT2D eigenvalue weighted by molar-refractivity contribution is -0.144. The molecule has 3 rings (SSSR count). The largest absolute Gasteiger partial charge is 0.466 e. The van der Waals surface area contributed by atoms with Crippen LogP contribution >= 0.6 is 35.0 Å². The number of carbonyl (C=O) groups excluding carboxylic acids is 5. The number of thioether (sulfide) groups is 1. The summed E-state index contributed by atoms with van der Waals surface area (Å²) in [5.41, 5.74) is 0.143. The van der Waals surface area contributed by atoms with Gasteiger partial charge in [-0.25, -0.2) is 4.79 Å². The maximum Gasteiger partial charge on any atom is 0.333 e. The van der Waals surface area contributed by atoms with E-state index in [4.69, 9.17) is 27.9 Å². The van der Waals surface area contributed by atoms with Gasteiger partial charge in [0, 0.05) is 6.54 Å². The van der Waals surface area contributed by atoms with Crippen molar-refractivity contribution in [1.82, 2.24) is 9.80 Å². The first kappa shape index (κ1) is 23.1. The van der Waals surface area contributed by atoms with Crippen molar-refractivity contribution < 1.29 is 33.4 Å². The molecule has 9 nitrogen and oxygen atoms in total. The van der Waals surface area contributed by atoms with E-state index in [1.807, 2.05) is 0 Å². The Morgan fingerprint density at radius 3 is 2.29 bits per heavy atom. The predicted octanol–water partition coefficient (Wildman–Crippen LogP) is 2.11. The molecule has 31 heavy (non-hydrogen) atoms. The van der Waals surface area contributed by atoms with E-state index in [1.165, 1.54) is 42.0 Å². The highest BCUT2D eigenvalue weighted by Crippen LogP contribution is 2.31. The van der Waals surface area contributed by atoms with Gasteiger partial charge in [0.2, 0.25) is 5.91 Å². The summed E-state index contributed by atoms with van der Waals surface area (Å²) in [7, 11) is 1.24. The van der Waals surface area contributed by atoms with Crippen LogP contribution in [0, 0.1) is 0 Å². The maximum absolute atomic E-state index is 12.4. The van der Waals surface area contributed by atoms with Gasteiger partial charge in [-0.3, -0.25) is 24.1 Å². The standard InChI is InChI=1S/C19H16Cl2N2O7S/c1-29-16(25)7-15-22(14(24)9-31-15)3-2-4-30-17(26)8-23-18(27)10-5-12(20)13(21)6-11(10)19(23)28/h5-7H,2-4,8-9H2,1H3/b15-7+. The lowest BCUT2D eigenvalue weighted by Gasteiger charge is -2.17. The molecule has 2 aliphatic rings. The number of hydrogen-bond donors (Lipinski definition) is 0. The van der Waals surface area contributed by atoms with Crippen LogP contribution in [-0.4, -0.2) is 72.0 Å². The van der Waals surface area contributed by atoms with E-state index < -0.39 is 30.3 Å². The Morgan fingerprint density at radius 1 is 1.10 bits per heavy atom. The summed E-state index contributed by atoms with van der Waals surface area (Å²) < 4.78 is 9.65. The molecule has 0 unspecified atom stereocenters. The molecule has 0 N–H and O–H groups in total. The fourth-order valence-electron chi connectivity index (χ4n) is 2.94. The molecule has 0 bridgehead atoms. The van der Waals surface area contributed by atoms with Gasteiger partial charge < -0.3 is 14.4 Å². The van der Waals surface area contributed by atoms with Crippen molar-refractivity contribution in [1.29, 1.82) is 0 Å². The number of methoxy groups -OCH3 is 1. The Morgan fingerprint density at radius 2 is 1.71 bits per heavy atom. The molecule has 164 valence electrons. The van der Waals surface area contributed by atoms with Crippen molar-refractivity contribution in [2.75, 3.05) is 32.6 Å². The molecule has 0 aromatic heterocycles. The Kier molecular flexibility index (Phi) is 7.24. The Bertz CT molecular complexity index is 970. The molecule has 1 saturated heterocycles. The molecule has 1 aromatic carbocycles. The van der Waals surface area contributed by atoms with Gasteiger partial charge in [-0.1, -0.05) is 35.0 Å². The predicted molar refractivity (Wildman–Crippen MR) is 112 cm³/mol. The number of amides is 3. The van der Waals surface area contributed by atoms with Crippen LogP contribution in [0.4, 0.5) is 0 Å². The van der Waals surface area contributed by atoms with Crippen LogP contribution in [0.15, 0.2) is 23.2 Å². The number of nitrogens with zero attached hydrogens (tertiary/aromatic N) is 2. The number of halogens is 2. The number of carbonyl (C=O) groups is 5. The lowest BCUT2D eigenvalue weighted by Crippen LogP contribution is -2.36. The van der Waals surface area contributed by atoms with Crippen LogP contribution in [0.25, 0.3) is 0 Å². The van der Waals surface area contributed by atoms with Crippen molar-refractivity contribution in [2.45, 2.75) is 6.42 Å². The number of benzene rings is 1. The molecule has 1 fully saturated rings. The van der Waals surface area contributed by atoms with Crippen LogP contribution in [0.1, 0.15) is 27.1 Å². The third-order valence-corrected chi connectivity index (χ3v) is 6.19. The van der Waals surface area contributed by atoms with Crippen molar-refractivity contribution in [3.63, 3.8) is 0 Å². The maximum atomic E-state index is 12.4. The summed E-state index contributed by atoms with van der Waals surface area (Å²) in [6, 6.07) is 2.57. The molecule has 0 spiro atoms. The van der Waals surface area contributed by atoms with E-state index in [9.17, 15) is 24.0 Å². The average Bonchev–Trinajstić information content (AvgIpc) is 3.18. The molecular weight excluding hydrogens is 471 g/mol. The van der Waals surface area contributed by atoms with Crippen LogP contribution < -0.4 is 0 Å². The van der Waals surface area contributed by atoms with Gasteiger partial charge in [-0.2, -0.15) is 0 Å². The Balaban J connectivity index is 1.50. The molecule has 2 heterocycles. The van der Waals surface area contributed by atoms with Crippen molar-refractivity contribution in [3.05, 3.63) is 44.4 Å². The topological polar surface area (TPSA) is 110 Å². The third kappa shape index (κ3) is 5.03. The smallest absolute Gasteiger partial charge is 0.333 e. The monoisotopic (exact) mass is 486 g/mol. The van der Waals surface area contributed by atoms with E-state index in [-0.39, 0.29) is 46.0 Å². The first-order valence-corrected chi connectivity index (χ1v) is 10.7. The van der Waals surface area contributed by atoms with Gasteiger partial charge >= 0.3 is 11.9 Å². The molecule has 0 aliphatic carbocycles. The summed E-state index contributed by atoms with van der Waals surface area (Å²) in [6.45, 7) is -0.376. The van der Waals surface area contributed by atoms with E-state index in [0.29, 0.717) is 11.4 Å². The molecular formula is C19H16Cl2N2O7S. The van der Waals surface area contributed by atoms with Crippen molar-refractivity contribution >= 4 is 64.6 Å². The van der Waals surface area contributed by atoms with E-state index in [1.54, 1.807) is 0 Å². The molecule has 0 atom stereocenters. The normalized spacial score (nSPS) is 16.9. The first-order chi connectivity index (χ1) is 14.7. The second-order valence-electron chi connectivity index (χ2n) is 6.42. The van der Waals surface area contributed by atoms with Gasteiger partial charge in [0.25, 0.3) is 11.8 Å². The highest BCUT2D eigenvalue weighted by atomic mass is 35.5. The second-order valence-corrected chi connectivity index (χ2v) is 8.23. The third-order valence-electron chi connectivity index (χ3n) is 4.44. The SMILES string of the molecule is COC(=O)/C=C1/SCC(=O)N1CCCOC(=O)CN1C(=O)c2cc(Cl)c(Cl)cc2C1=O. The molecule has 1 aromatic rings. The molecule has 12 heteroatoms. The zero-order chi connectivity index (χ0) is 22.7. The highest BCUT2D eigenvalue weighted by Gasteiger charge is 2.37. The van der Waals surface area contributed by atoms with Gasteiger partial charge in [0.15, 0.2) is 0 Å². The van der Waals surface area contributed by atoms with Gasteiger partial charge in [0.1, 0.15) is 6.54 Å². The zero-order valence-electron chi connectivity index (χ0n) is 16.2. The Hall–Kier alpha value is -2.56. The minimum atomic E-state index is -0.779. The van der Waals surface area contributed by atoms with E-state index >= 15 is 0 Å². The lowest BCUT2D eigenvalue weighted by atomic mass is 10.1. The van der Waals surface area contributed by atoms with Gasteiger partial charge in [-0.15, -0.1) is 0 Å². The van der Waals surface area contributed by atoms with Crippen LogP contribution in [-0.2, 0) is 23.9 Å². The molecule has 0 radical (unpaired) electrons. The summed E-state index contributed by atoms with van der Waals surface area (Å²) >= 11 is 13.0.